The topological polar surface area (TPSA) is 85.0 Å². The number of hydrogen-bond donors (Lipinski definition) is 2. The molecule has 0 radical (unpaired) electrons. The Morgan fingerprint density at radius 3 is 2.65 bits per heavy atom. The zero-order valence-corrected chi connectivity index (χ0v) is 18.5. The largest absolute Gasteiger partial charge is 0.357 e. The van der Waals surface area contributed by atoms with Gasteiger partial charge in [-0.15, -0.1) is 34.2 Å². The predicted octanol–water partition coefficient (Wildman–Crippen LogP) is 1.92. The minimum Gasteiger partial charge on any atom is -0.357 e. The van der Waals surface area contributed by atoms with Crippen LogP contribution in [0, 0.1) is 13.8 Å². The van der Waals surface area contributed by atoms with Crippen molar-refractivity contribution >= 4 is 29.9 Å². The Morgan fingerprint density at radius 1 is 1.19 bits per heavy atom. The summed E-state index contributed by atoms with van der Waals surface area (Å²) in [7, 11) is 0. The molecule has 0 aliphatic rings. The molecule has 8 nitrogen and oxygen atoms in total. The van der Waals surface area contributed by atoms with E-state index in [1.165, 1.54) is 5.69 Å². The molecular formula is C17H31IN8. The van der Waals surface area contributed by atoms with Gasteiger partial charge in [0, 0.05) is 44.8 Å². The highest BCUT2D eigenvalue weighted by Crippen LogP contribution is 2.02. The van der Waals surface area contributed by atoms with Crippen molar-refractivity contribution in [1.82, 2.24) is 35.2 Å². The first kappa shape index (κ1) is 22.4. The molecule has 0 aliphatic heterocycles. The average Bonchev–Trinajstić information content (AvgIpc) is 3.17. The van der Waals surface area contributed by atoms with Gasteiger partial charge >= 0.3 is 0 Å². The molecule has 0 fully saturated rings. The van der Waals surface area contributed by atoms with E-state index in [4.69, 9.17) is 0 Å². The van der Waals surface area contributed by atoms with Gasteiger partial charge in [-0.2, -0.15) is 5.10 Å². The number of hydrogen-bond acceptors (Lipinski definition) is 4. The molecule has 2 aromatic rings. The molecule has 146 valence electrons. The van der Waals surface area contributed by atoms with Crippen molar-refractivity contribution in [2.24, 2.45) is 4.99 Å². The summed E-state index contributed by atoms with van der Waals surface area (Å²) in [5, 5.41) is 19.2. The summed E-state index contributed by atoms with van der Waals surface area (Å²) in [5.41, 5.74) is 2.27. The molecule has 0 amide bonds. The summed E-state index contributed by atoms with van der Waals surface area (Å²) in [6.45, 7) is 12.4. The fraction of sp³-hybridized carbons (Fsp3) is 0.647. The summed E-state index contributed by atoms with van der Waals surface area (Å²) in [4.78, 5) is 4.64. The van der Waals surface area contributed by atoms with Crippen LogP contribution in [0.3, 0.4) is 0 Å². The quantitative estimate of drug-likeness (QED) is 0.251. The van der Waals surface area contributed by atoms with Crippen molar-refractivity contribution in [1.29, 1.82) is 0 Å². The molecule has 2 N–H and O–H groups in total. The normalized spacial score (nSPS) is 11.3. The first-order chi connectivity index (χ1) is 12.1. The first-order valence-electron chi connectivity index (χ1n) is 9.04. The van der Waals surface area contributed by atoms with Gasteiger partial charge in [0.1, 0.15) is 12.2 Å². The molecule has 2 aromatic heterocycles. The molecule has 9 heteroatoms. The fourth-order valence-electron chi connectivity index (χ4n) is 2.69. The second-order valence-corrected chi connectivity index (χ2v) is 5.99. The van der Waals surface area contributed by atoms with E-state index in [-0.39, 0.29) is 24.0 Å². The van der Waals surface area contributed by atoms with E-state index >= 15 is 0 Å². The van der Waals surface area contributed by atoms with Crippen LogP contribution in [0.25, 0.3) is 0 Å². The van der Waals surface area contributed by atoms with Crippen molar-refractivity contribution in [3.63, 3.8) is 0 Å². The van der Waals surface area contributed by atoms with Crippen LogP contribution in [0.4, 0.5) is 0 Å². The van der Waals surface area contributed by atoms with Crippen LogP contribution >= 0.6 is 24.0 Å². The van der Waals surface area contributed by atoms with Gasteiger partial charge in [0.15, 0.2) is 5.96 Å². The highest BCUT2D eigenvalue weighted by molar-refractivity contribution is 14.0. The molecule has 26 heavy (non-hydrogen) atoms. The molecule has 0 unspecified atom stereocenters. The first-order valence-corrected chi connectivity index (χ1v) is 9.04. The van der Waals surface area contributed by atoms with E-state index in [0.29, 0.717) is 0 Å². The molecule has 0 saturated carbocycles. The Bertz CT molecular complexity index is 676. The summed E-state index contributed by atoms with van der Waals surface area (Å²) in [6.07, 6.45) is 3.63. The average molecular weight is 474 g/mol. The maximum Gasteiger partial charge on any atom is 0.191 e. The number of aliphatic imine (C=N–C) groups is 1. The maximum absolute atomic E-state index is 4.64. The Morgan fingerprint density at radius 2 is 2.00 bits per heavy atom. The lowest BCUT2D eigenvalue weighted by Gasteiger charge is -2.12. The van der Waals surface area contributed by atoms with Gasteiger partial charge in [0.25, 0.3) is 0 Å². The van der Waals surface area contributed by atoms with Crippen molar-refractivity contribution in [3.8, 4) is 0 Å². The van der Waals surface area contributed by atoms with Gasteiger partial charge in [-0.1, -0.05) is 6.92 Å². The van der Waals surface area contributed by atoms with Crippen LogP contribution in [0.1, 0.15) is 37.5 Å². The molecule has 0 spiro atoms. The van der Waals surface area contributed by atoms with Gasteiger partial charge < -0.3 is 15.2 Å². The Labute approximate surface area is 172 Å². The minimum atomic E-state index is 0. The summed E-state index contributed by atoms with van der Waals surface area (Å²) in [5.74, 6) is 1.86. The van der Waals surface area contributed by atoms with Crippen LogP contribution in [-0.4, -0.2) is 50.1 Å². The molecule has 0 bridgehead atoms. The lowest BCUT2D eigenvalue weighted by Crippen LogP contribution is -2.39. The number of halogens is 1. The lowest BCUT2D eigenvalue weighted by atomic mass is 10.4. The summed E-state index contributed by atoms with van der Waals surface area (Å²) >= 11 is 0. The molecule has 0 aliphatic carbocycles. The van der Waals surface area contributed by atoms with Gasteiger partial charge in [0.05, 0.1) is 5.69 Å². The second-order valence-electron chi connectivity index (χ2n) is 5.99. The fourth-order valence-corrected chi connectivity index (χ4v) is 2.69. The van der Waals surface area contributed by atoms with Gasteiger partial charge in [0.2, 0.25) is 0 Å². The Balaban J connectivity index is 0.00000338. The predicted molar refractivity (Wildman–Crippen MR) is 115 cm³/mol. The number of nitrogens with one attached hydrogen (secondary N) is 2. The number of guanidine groups is 1. The lowest BCUT2D eigenvalue weighted by molar-refractivity contribution is 0.566. The molecule has 2 rings (SSSR count). The second kappa shape index (κ2) is 11.9. The van der Waals surface area contributed by atoms with E-state index in [2.05, 4.69) is 62.3 Å². The third-order valence-corrected chi connectivity index (χ3v) is 3.90. The maximum atomic E-state index is 4.64. The van der Waals surface area contributed by atoms with Crippen LogP contribution in [0.15, 0.2) is 17.4 Å². The number of aromatic nitrogens is 5. The van der Waals surface area contributed by atoms with Crippen LogP contribution < -0.4 is 10.6 Å². The summed E-state index contributed by atoms with van der Waals surface area (Å²) in [6, 6.07) is 2.10. The van der Waals surface area contributed by atoms with E-state index < -0.39 is 0 Å². The van der Waals surface area contributed by atoms with E-state index in [1.54, 1.807) is 6.33 Å². The highest BCUT2D eigenvalue weighted by Gasteiger charge is 2.03. The van der Waals surface area contributed by atoms with Crippen LogP contribution in [0.2, 0.25) is 0 Å². The number of nitrogens with zero attached hydrogens (tertiary/aromatic N) is 6. The van der Waals surface area contributed by atoms with Crippen molar-refractivity contribution in [3.05, 3.63) is 29.6 Å². The third kappa shape index (κ3) is 6.93. The van der Waals surface area contributed by atoms with Gasteiger partial charge in [-0.25, -0.2) is 0 Å². The molecule has 0 aromatic carbocycles. The smallest absolute Gasteiger partial charge is 0.191 e. The summed E-state index contributed by atoms with van der Waals surface area (Å²) < 4.78 is 4.11. The molecule has 2 heterocycles. The van der Waals surface area contributed by atoms with E-state index in [9.17, 15) is 0 Å². The Hall–Kier alpha value is -1.65. The zero-order valence-electron chi connectivity index (χ0n) is 16.2. The van der Waals surface area contributed by atoms with E-state index in [1.807, 2.05) is 11.6 Å². The molecule has 0 atom stereocenters. The number of aryl methyl sites for hydroxylation is 4. The van der Waals surface area contributed by atoms with Crippen molar-refractivity contribution in [2.75, 3.05) is 19.6 Å². The van der Waals surface area contributed by atoms with Crippen LogP contribution in [-0.2, 0) is 19.5 Å². The van der Waals surface area contributed by atoms with Gasteiger partial charge in [-0.05, 0) is 33.3 Å². The van der Waals surface area contributed by atoms with Gasteiger partial charge in [-0.3, -0.25) is 9.67 Å². The van der Waals surface area contributed by atoms with E-state index in [0.717, 1.165) is 63.0 Å². The molecule has 0 saturated heterocycles. The molecular weight excluding hydrogens is 443 g/mol. The highest BCUT2D eigenvalue weighted by atomic mass is 127. The minimum absolute atomic E-state index is 0. The SMILES string of the molecule is CCNC(=NCCCn1nc(C)cc1C)NCCn1cnnc1CC.I. The third-order valence-electron chi connectivity index (χ3n) is 3.90. The van der Waals surface area contributed by atoms with Crippen LogP contribution in [0.5, 0.6) is 0 Å². The Kier molecular flexibility index (Phi) is 10.2. The van der Waals surface area contributed by atoms with Crippen molar-refractivity contribution in [2.45, 2.75) is 53.6 Å². The zero-order chi connectivity index (χ0) is 18.1. The standard InChI is InChI=1S/C17H30N8.HI/c1-5-16-22-21-13-24(16)11-9-20-17(18-6-2)19-8-7-10-25-15(4)12-14(3)23-25;/h12-13H,5-11H2,1-4H3,(H2,18,19,20);1H. The number of rotatable bonds is 9. The monoisotopic (exact) mass is 474 g/mol. The van der Waals surface area contributed by atoms with Crippen molar-refractivity contribution < 1.29 is 0 Å².